The summed E-state index contributed by atoms with van der Waals surface area (Å²) in [5, 5.41) is 6.18. The van der Waals surface area contributed by atoms with Crippen LogP contribution < -0.4 is 10.6 Å². The minimum absolute atomic E-state index is 0.103. The van der Waals surface area contributed by atoms with Crippen LogP contribution in [0.25, 0.3) is 0 Å². The Hall–Kier alpha value is -3.13. The van der Waals surface area contributed by atoms with Crippen LogP contribution in [0.5, 0.6) is 0 Å². The Kier molecular flexibility index (Phi) is 8.84. The van der Waals surface area contributed by atoms with E-state index in [0.717, 1.165) is 0 Å². The first kappa shape index (κ1) is 28.9. The number of hydrogen-bond donors (Lipinski definition) is 2. The summed E-state index contributed by atoms with van der Waals surface area (Å²) in [7, 11) is -5.15. The van der Waals surface area contributed by atoms with Gasteiger partial charge in [0.25, 0.3) is 0 Å². The highest BCUT2D eigenvalue weighted by molar-refractivity contribution is 7.90. The van der Waals surface area contributed by atoms with E-state index in [0.29, 0.717) is 61.2 Å². The molecule has 4 rings (SSSR count). The number of sulfone groups is 1. The molecule has 210 valence electrons. The van der Waals surface area contributed by atoms with E-state index < -0.39 is 19.9 Å². The number of aromatic nitrogens is 2. The molecule has 1 aliphatic rings. The summed E-state index contributed by atoms with van der Waals surface area (Å²) >= 11 is 0. The van der Waals surface area contributed by atoms with Crippen molar-refractivity contribution < 1.29 is 21.2 Å². The molecule has 2 N–H and O–H groups in total. The molecule has 0 amide bonds. The van der Waals surface area contributed by atoms with Gasteiger partial charge < -0.3 is 15.5 Å². The molecule has 10 nitrogen and oxygen atoms in total. The molecule has 2 heterocycles. The predicted molar refractivity (Wildman–Crippen MR) is 150 cm³/mol. The van der Waals surface area contributed by atoms with Gasteiger partial charge in [0.1, 0.15) is 21.5 Å². The molecule has 0 unspecified atom stereocenters. The van der Waals surface area contributed by atoms with E-state index in [1.165, 1.54) is 16.6 Å². The maximum Gasteiger partial charge on any atom is 0.243 e. The van der Waals surface area contributed by atoms with Gasteiger partial charge in [-0.25, -0.2) is 26.2 Å². The van der Waals surface area contributed by atoms with Crippen LogP contribution in [0, 0.1) is 12.7 Å². The molecule has 13 heteroatoms. The van der Waals surface area contributed by atoms with E-state index in [1.807, 2.05) is 0 Å². The molecule has 1 aromatic heterocycles. The molecule has 0 spiro atoms. The normalized spacial score (nSPS) is 15.4. The van der Waals surface area contributed by atoms with Crippen molar-refractivity contribution in [3.05, 3.63) is 66.1 Å². The highest BCUT2D eigenvalue weighted by Gasteiger charge is 2.31. The Labute approximate surface area is 229 Å². The number of sulfonamides is 1. The summed E-state index contributed by atoms with van der Waals surface area (Å²) in [6.07, 6.45) is 4.07. The molecule has 2 aromatic carbocycles. The van der Waals surface area contributed by atoms with Crippen LogP contribution in [-0.4, -0.2) is 80.7 Å². The van der Waals surface area contributed by atoms with Gasteiger partial charge in [0.05, 0.1) is 10.6 Å². The fraction of sp³-hybridized carbons (Fsp3) is 0.385. The van der Waals surface area contributed by atoms with E-state index in [2.05, 4.69) is 25.5 Å². The Balaban J connectivity index is 1.36. The monoisotopic (exact) mass is 576 g/mol. The second kappa shape index (κ2) is 11.9. The van der Waals surface area contributed by atoms with Crippen molar-refractivity contribution in [2.24, 2.45) is 0 Å². The summed E-state index contributed by atoms with van der Waals surface area (Å²) < 4.78 is 64.3. The van der Waals surface area contributed by atoms with Crippen LogP contribution in [0.4, 0.5) is 27.5 Å². The number of rotatable bonds is 10. The predicted octanol–water partition coefficient (Wildman–Crippen LogP) is 3.54. The van der Waals surface area contributed by atoms with Crippen molar-refractivity contribution in [3.8, 4) is 0 Å². The van der Waals surface area contributed by atoms with Crippen LogP contribution >= 0.6 is 0 Å². The third kappa shape index (κ3) is 7.72. The van der Waals surface area contributed by atoms with Crippen molar-refractivity contribution in [1.82, 2.24) is 19.2 Å². The molecule has 0 saturated carbocycles. The quantitative estimate of drug-likeness (QED) is 0.373. The number of anilines is 4. The van der Waals surface area contributed by atoms with Gasteiger partial charge in [0.15, 0.2) is 0 Å². The minimum atomic E-state index is -3.71. The average Bonchev–Trinajstić information content (AvgIpc) is 2.89. The molecular weight excluding hydrogens is 543 g/mol. The zero-order valence-electron chi connectivity index (χ0n) is 22.1. The number of benzene rings is 2. The lowest BCUT2D eigenvalue weighted by Gasteiger charge is -2.36. The maximum atomic E-state index is 13.5. The second-order valence-corrected chi connectivity index (χ2v) is 14.0. The number of hydrogen-bond acceptors (Lipinski definition) is 9. The molecule has 0 bridgehead atoms. The Morgan fingerprint density at radius 1 is 1.00 bits per heavy atom. The summed E-state index contributed by atoms with van der Waals surface area (Å²) in [4.78, 5) is 10.9. The van der Waals surface area contributed by atoms with Crippen LogP contribution in [0.2, 0.25) is 0 Å². The minimum Gasteiger partial charge on any atom is -0.340 e. The lowest BCUT2D eigenvalue weighted by molar-refractivity contribution is 0.177. The molecule has 0 radical (unpaired) electrons. The van der Waals surface area contributed by atoms with Gasteiger partial charge in [0.2, 0.25) is 16.0 Å². The summed E-state index contributed by atoms with van der Waals surface area (Å²) in [5.41, 5.74) is 1.82. The van der Waals surface area contributed by atoms with Gasteiger partial charge in [-0.2, -0.15) is 9.29 Å². The highest BCUT2D eigenvalue weighted by atomic mass is 32.2. The van der Waals surface area contributed by atoms with Crippen molar-refractivity contribution in [3.63, 3.8) is 0 Å². The third-order valence-corrected chi connectivity index (χ3v) is 9.57. The number of likely N-dealkylation sites (tertiary alicyclic amines) is 1. The number of aryl methyl sites for hydroxylation is 1. The standard InChI is InChI=1S/C26H33FN6O4S2/c1-19-18-21(6-9-24(19)27)29-25-10-13-28-26(31-25)30-20-4-7-23(8-5-20)39(36,37)32(2)22-11-14-33(15-12-22)16-17-38(3,34)35/h4-10,13,18,22H,11-12,14-17H2,1-3H3,(H2,28,29,30,31). The number of nitrogens with one attached hydrogen (secondary N) is 2. The number of halogens is 1. The molecule has 1 fully saturated rings. The fourth-order valence-corrected chi connectivity index (χ4v) is 6.37. The fourth-order valence-electron chi connectivity index (χ4n) is 4.36. The molecule has 1 aliphatic heterocycles. The van der Waals surface area contributed by atoms with Gasteiger partial charge in [0, 0.05) is 43.5 Å². The maximum absolute atomic E-state index is 13.5. The molecule has 0 atom stereocenters. The van der Waals surface area contributed by atoms with Crippen molar-refractivity contribution in [1.29, 1.82) is 0 Å². The van der Waals surface area contributed by atoms with Gasteiger partial charge in [-0.15, -0.1) is 0 Å². The van der Waals surface area contributed by atoms with E-state index in [-0.39, 0.29) is 22.5 Å². The summed E-state index contributed by atoms with van der Waals surface area (Å²) in [5.74, 6) is 0.650. The van der Waals surface area contributed by atoms with Gasteiger partial charge in [-0.3, -0.25) is 0 Å². The van der Waals surface area contributed by atoms with E-state index in [1.54, 1.807) is 62.6 Å². The van der Waals surface area contributed by atoms with Gasteiger partial charge in [-0.1, -0.05) is 0 Å². The lowest BCUT2D eigenvalue weighted by atomic mass is 10.1. The topological polar surface area (TPSA) is 125 Å². The first-order valence-electron chi connectivity index (χ1n) is 12.5. The number of piperidine rings is 1. The van der Waals surface area contributed by atoms with Crippen molar-refractivity contribution in [2.45, 2.75) is 30.7 Å². The Morgan fingerprint density at radius 2 is 1.67 bits per heavy atom. The zero-order valence-corrected chi connectivity index (χ0v) is 23.8. The van der Waals surface area contributed by atoms with Crippen LogP contribution in [0.15, 0.2) is 59.6 Å². The smallest absolute Gasteiger partial charge is 0.243 e. The van der Waals surface area contributed by atoms with Gasteiger partial charge >= 0.3 is 0 Å². The summed E-state index contributed by atoms with van der Waals surface area (Å²) in [6.45, 7) is 3.45. The molecule has 1 saturated heterocycles. The van der Waals surface area contributed by atoms with E-state index >= 15 is 0 Å². The molecule has 39 heavy (non-hydrogen) atoms. The first-order chi connectivity index (χ1) is 18.4. The Morgan fingerprint density at radius 3 is 2.31 bits per heavy atom. The van der Waals surface area contributed by atoms with Crippen LogP contribution in [0.1, 0.15) is 18.4 Å². The largest absolute Gasteiger partial charge is 0.340 e. The van der Waals surface area contributed by atoms with Crippen LogP contribution in [0.3, 0.4) is 0 Å². The second-order valence-electron chi connectivity index (χ2n) is 9.73. The lowest BCUT2D eigenvalue weighted by Crippen LogP contribution is -2.46. The number of nitrogens with zero attached hydrogens (tertiary/aromatic N) is 4. The summed E-state index contributed by atoms with van der Waals surface area (Å²) in [6, 6.07) is 12.6. The molecule has 3 aromatic rings. The zero-order chi connectivity index (χ0) is 28.2. The highest BCUT2D eigenvalue weighted by Crippen LogP contribution is 2.25. The first-order valence-corrected chi connectivity index (χ1v) is 16.0. The van der Waals surface area contributed by atoms with Crippen molar-refractivity contribution in [2.75, 3.05) is 49.3 Å². The van der Waals surface area contributed by atoms with Crippen LogP contribution in [-0.2, 0) is 19.9 Å². The third-order valence-electron chi connectivity index (χ3n) is 6.72. The Bertz CT molecular complexity index is 1510. The molecular formula is C26H33FN6O4S2. The average molecular weight is 577 g/mol. The molecule has 0 aliphatic carbocycles. The van der Waals surface area contributed by atoms with E-state index in [4.69, 9.17) is 0 Å². The van der Waals surface area contributed by atoms with Crippen molar-refractivity contribution >= 4 is 43.0 Å². The van der Waals surface area contributed by atoms with Gasteiger partial charge in [-0.05, 0) is 86.9 Å². The SMILES string of the molecule is Cc1cc(Nc2ccnc(Nc3ccc(S(=O)(=O)N(C)C4CCN(CCS(C)(=O)=O)CC4)cc3)n2)ccc1F. The van der Waals surface area contributed by atoms with E-state index in [9.17, 15) is 21.2 Å².